The monoisotopic (exact) mass is 775 g/mol. The first-order chi connectivity index (χ1) is 27.7. The van der Waals surface area contributed by atoms with E-state index in [0.29, 0.717) is 79.4 Å². The van der Waals surface area contributed by atoms with E-state index in [1.165, 1.54) is 16.7 Å². The van der Waals surface area contributed by atoms with Gasteiger partial charge in [0.05, 0.1) is 21.3 Å². The van der Waals surface area contributed by atoms with Crippen molar-refractivity contribution in [3.05, 3.63) is 94.0 Å². The fraction of sp³-hybridized carbons (Fsp3) is 0.444. The number of nitriles is 1. The zero-order valence-electron chi connectivity index (χ0n) is 33.6. The minimum absolute atomic E-state index is 0.0241. The molecule has 5 heterocycles. The zero-order valence-corrected chi connectivity index (χ0v) is 33.6. The van der Waals surface area contributed by atoms with Gasteiger partial charge in [-0.25, -0.2) is 0 Å². The van der Waals surface area contributed by atoms with Crippen molar-refractivity contribution in [2.24, 2.45) is 0 Å². The maximum atomic E-state index is 11.3. The third kappa shape index (κ3) is 8.03. The summed E-state index contributed by atoms with van der Waals surface area (Å²) in [6.07, 6.45) is 4.57. The number of aliphatic hydroxyl groups is 1. The van der Waals surface area contributed by atoms with E-state index >= 15 is 0 Å². The van der Waals surface area contributed by atoms with Crippen LogP contribution in [0.15, 0.2) is 60.7 Å². The number of hydrogen-bond acceptors (Lipinski definition) is 12. The highest BCUT2D eigenvalue weighted by molar-refractivity contribution is 5.64. The number of methoxy groups -OCH3 is 3. The van der Waals surface area contributed by atoms with Gasteiger partial charge in [-0.05, 0) is 110 Å². The summed E-state index contributed by atoms with van der Waals surface area (Å²) >= 11 is 0. The van der Waals surface area contributed by atoms with Gasteiger partial charge in [-0.15, -0.1) is 0 Å². The summed E-state index contributed by atoms with van der Waals surface area (Å²) in [5.74, 6) is 4.83. The molecule has 0 aromatic heterocycles. The molecular weight excluding hydrogens is 723 g/mol. The maximum Gasteiger partial charge on any atom is 0.204 e. The molecule has 0 spiro atoms. The van der Waals surface area contributed by atoms with Crippen LogP contribution in [-0.4, -0.2) is 119 Å². The van der Waals surface area contributed by atoms with Gasteiger partial charge in [0.2, 0.25) is 5.75 Å². The molecule has 1 fully saturated rings. The molecule has 12 heteroatoms. The van der Waals surface area contributed by atoms with Gasteiger partial charge in [-0.1, -0.05) is 18.2 Å². The van der Waals surface area contributed by atoms with Gasteiger partial charge in [0, 0.05) is 63.5 Å². The minimum atomic E-state index is -0.787. The Morgan fingerprint density at radius 2 is 1.39 bits per heavy atom. The Hall–Kier alpha value is -5.19. The van der Waals surface area contributed by atoms with Gasteiger partial charge in [0.15, 0.2) is 40.7 Å². The second-order valence-electron chi connectivity index (χ2n) is 15.6. The number of piperazine rings is 1. The largest absolute Gasteiger partial charge is 0.493 e. The number of nitrogens with zero attached hydrogens (tertiary/aromatic N) is 5. The molecule has 9 rings (SSSR count). The summed E-state index contributed by atoms with van der Waals surface area (Å²) in [6.45, 7) is 4.89. The van der Waals surface area contributed by atoms with E-state index in [0.717, 1.165) is 54.8 Å². The number of ether oxygens (including phenoxy) is 6. The topological polar surface area (TPSA) is 112 Å². The molecule has 1 saturated heterocycles. The Labute approximate surface area is 335 Å². The van der Waals surface area contributed by atoms with Crippen LogP contribution in [0.3, 0.4) is 0 Å². The molecule has 12 nitrogen and oxygen atoms in total. The SMILES string of the molecule is COc1ccc2cc1Oc1ccc(cc1)C[C@H]1c3cc(c(OC)cc3CCN1C)Oc1c(OCC(O)CN3CCN(C#N)CC3)c(OC)cc3c1[C@H](C2)N(C)CC3. The molecule has 1 unspecified atom stereocenters. The summed E-state index contributed by atoms with van der Waals surface area (Å²) in [5, 5.41) is 20.6. The summed E-state index contributed by atoms with van der Waals surface area (Å²) in [5.41, 5.74) is 6.82. The van der Waals surface area contributed by atoms with Crippen molar-refractivity contribution < 1.29 is 33.5 Å². The van der Waals surface area contributed by atoms with Crippen LogP contribution in [0.4, 0.5) is 0 Å². The highest BCUT2D eigenvalue weighted by Crippen LogP contribution is 2.52. The zero-order chi connectivity index (χ0) is 39.6. The Morgan fingerprint density at radius 3 is 2.11 bits per heavy atom. The second kappa shape index (κ2) is 16.7. The van der Waals surface area contributed by atoms with E-state index in [1.54, 1.807) is 26.2 Å². The van der Waals surface area contributed by atoms with Crippen LogP contribution in [0.25, 0.3) is 0 Å². The molecule has 1 N–H and O–H groups in total. The van der Waals surface area contributed by atoms with Gasteiger partial charge in [-0.2, -0.15) is 5.26 Å². The van der Waals surface area contributed by atoms with Crippen LogP contribution >= 0.6 is 0 Å². The van der Waals surface area contributed by atoms with E-state index in [9.17, 15) is 10.4 Å². The van der Waals surface area contributed by atoms with Crippen molar-refractivity contribution in [2.75, 3.05) is 87.8 Å². The first kappa shape index (κ1) is 38.7. The molecule has 0 radical (unpaired) electrons. The molecule has 0 saturated carbocycles. The predicted octanol–water partition coefficient (Wildman–Crippen LogP) is 5.99. The summed E-state index contributed by atoms with van der Waals surface area (Å²) in [7, 11) is 9.32. The number of rotatable bonds is 8. The number of likely N-dealkylation sites (N-methyl/N-ethyl adjacent to an activating group) is 2. The molecule has 3 atom stereocenters. The van der Waals surface area contributed by atoms with Gasteiger partial charge < -0.3 is 38.4 Å². The van der Waals surface area contributed by atoms with Gasteiger partial charge >= 0.3 is 0 Å². The third-order valence-corrected chi connectivity index (χ3v) is 12.0. The fourth-order valence-corrected chi connectivity index (χ4v) is 8.78. The van der Waals surface area contributed by atoms with Gasteiger partial charge in [0.25, 0.3) is 0 Å². The Bertz CT molecular complexity index is 2110. The van der Waals surface area contributed by atoms with E-state index in [1.807, 2.05) is 18.2 Å². The first-order valence-electron chi connectivity index (χ1n) is 19.9. The van der Waals surface area contributed by atoms with Gasteiger partial charge in [-0.3, -0.25) is 14.7 Å². The third-order valence-electron chi connectivity index (χ3n) is 12.0. The van der Waals surface area contributed by atoms with Crippen molar-refractivity contribution in [1.29, 1.82) is 5.26 Å². The van der Waals surface area contributed by atoms with Crippen LogP contribution in [0.1, 0.15) is 45.5 Å². The van der Waals surface area contributed by atoms with Gasteiger partial charge in [0.1, 0.15) is 18.5 Å². The molecule has 6 bridgehead atoms. The molecular formula is C45H53N5O7. The highest BCUT2D eigenvalue weighted by atomic mass is 16.6. The second-order valence-corrected chi connectivity index (χ2v) is 15.6. The number of hydrogen-bond donors (Lipinski definition) is 1. The van der Waals surface area contributed by atoms with Crippen LogP contribution in [0.5, 0.6) is 46.0 Å². The minimum Gasteiger partial charge on any atom is -0.493 e. The van der Waals surface area contributed by atoms with Crippen molar-refractivity contribution in [1.82, 2.24) is 19.6 Å². The Morgan fingerprint density at radius 1 is 0.737 bits per heavy atom. The predicted molar refractivity (Wildman–Crippen MR) is 216 cm³/mol. The lowest BCUT2D eigenvalue weighted by molar-refractivity contribution is 0.0526. The number of β-amino-alcohol motifs (C(OH)–C–C–N with tert-alkyl or cyclic N) is 1. The number of aliphatic hydroxyl groups excluding tert-OH is 1. The average Bonchev–Trinajstić information content (AvgIpc) is 3.22. The summed E-state index contributed by atoms with van der Waals surface area (Å²) in [4.78, 5) is 8.68. The lowest BCUT2D eigenvalue weighted by Gasteiger charge is -2.37. The van der Waals surface area contributed by atoms with Crippen molar-refractivity contribution in [3.63, 3.8) is 0 Å². The van der Waals surface area contributed by atoms with E-state index in [2.05, 4.69) is 77.5 Å². The molecule has 0 amide bonds. The molecule has 0 aliphatic carbocycles. The molecule has 4 aromatic carbocycles. The molecule has 4 aromatic rings. The Balaban J connectivity index is 1.26. The highest BCUT2D eigenvalue weighted by Gasteiger charge is 2.35. The summed E-state index contributed by atoms with van der Waals surface area (Å²) < 4.78 is 38.3. The standard InChI is InChI=1S/C45H53N5O7/c1-47-14-12-31-23-39(53-4)41-25-35(31)36(47)20-29-6-9-34(10-7-29)56-40-22-30(8-11-38(40)52-3)21-37-43-32(13-15-48(37)2)24-42(54-5)44(45(43)57-41)55-27-33(51)26-49-16-18-50(28-46)19-17-49/h6-11,22-25,33,36-37,51H,12-21,26-27H2,1-5H3/t33?,36-,37-/m0/s1. The normalized spacial score (nSPS) is 20.2. The van der Waals surface area contributed by atoms with E-state index < -0.39 is 6.10 Å². The van der Waals surface area contributed by atoms with Crippen LogP contribution in [0, 0.1) is 11.5 Å². The lowest BCUT2D eigenvalue weighted by Crippen LogP contribution is -2.47. The summed E-state index contributed by atoms with van der Waals surface area (Å²) in [6, 6.07) is 20.8. The van der Waals surface area contributed by atoms with Crippen LogP contribution in [-0.2, 0) is 25.7 Å². The molecule has 5 aliphatic rings. The van der Waals surface area contributed by atoms with Crippen molar-refractivity contribution >= 4 is 0 Å². The molecule has 300 valence electrons. The quantitative estimate of drug-likeness (QED) is 0.212. The molecule has 57 heavy (non-hydrogen) atoms. The smallest absolute Gasteiger partial charge is 0.204 e. The number of fused-ring (bicyclic) bond motifs is 2. The average molecular weight is 776 g/mol. The maximum absolute atomic E-state index is 11.3. The fourth-order valence-electron chi connectivity index (χ4n) is 8.78. The first-order valence-corrected chi connectivity index (χ1v) is 19.9. The lowest BCUT2D eigenvalue weighted by atomic mass is 9.87. The van der Waals surface area contributed by atoms with E-state index in [4.69, 9.17) is 28.4 Å². The molecule has 5 aliphatic heterocycles. The van der Waals surface area contributed by atoms with Crippen molar-refractivity contribution in [3.8, 4) is 52.2 Å². The van der Waals surface area contributed by atoms with Crippen molar-refractivity contribution in [2.45, 2.75) is 43.9 Å². The van der Waals surface area contributed by atoms with Crippen LogP contribution in [0.2, 0.25) is 0 Å². The number of benzene rings is 4. The van der Waals surface area contributed by atoms with Crippen LogP contribution < -0.4 is 28.4 Å². The van der Waals surface area contributed by atoms with E-state index in [-0.39, 0.29) is 18.7 Å². The Kier molecular flexibility index (Phi) is 11.3.